The predicted molar refractivity (Wildman–Crippen MR) is 82.6 cm³/mol. The van der Waals surface area contributed by atoms with Crippen molar-refractivity contribution >= 4 is 34.8 Å². The molecule has 1 heterocycles. The van der Waals surface area contributed by atoms with Crippen LogP contribution in [0.2, 0.25) is 5.28 Å². The standard InChI is InChI=1S/C15H18ClN3O3/c1-8(20)7-11(22)13-12(9(2)21)14(19-15(16)18-13)17-10-5-3-4-6-10/h10H,3-7H2,1-2H3,(H,17,18,19). The average molecular weight is 324 g/mol. The molecule has 22 heavy (non-hydrogen) atoms. The van der Waals surface area contributed by atoms with Gasteiger partial charge >= 0.3 is 0 Å². The van der Waals surface area contributed by atoms with Crippen molar-refractivity contribution in [3.05, 3.63) is 16.5 Å². The maximum absolute atomic E-state index is 12.2. The third-order valence-electron chi connectivity index (χ3n) is 3.60. The van der Waals surface area contributed by atoms with Crippen LogP contribution in [0.1, 0.15) is 66.8 Å². The van der Waals surface area contributed by atoms with Crippen molar-refractivity contribution in [2.75, 3.05) is 5.32 Å². The van der Waals surface area contributed by atoms with Crippen LogP contribution in [0.15, 0.2) is 0 Å². The van der Waals surface area contributed by atoms with Gasteiger partial charge in [-0.2, -0.15) is 0 Å². The fourth-order valence-electron chi connectivity index (χ4n) is 2.65. The Morgan fingerprint density at radius 2 is 1.82 bits per heavy atom. The topological polar surface area (TPSA) is 89.0 Å². The summed E-state index contributed by atoms with van der Waals surface area (Å²) in [5.74, 6) is -0.855. The van der Waals surface area contributed by atoms with E-state index in [2.05, 4.69) is 15.3 Å². The number of anilines is 1. The zero-order chi connectivity index (χ0) is 16.3. The minimum absolute atomic E-state index is 0.0804. The van der Waals surface area contributed by atoms with Gasteiger partial charge in [-0.05, 0) is 38.3 Å². The normalized spacial score (nSPS) is 14.9. The number of nitrogens with zero attached hydrogens (tertiary/aromatic N) is 2. The Morgan fingerprint density at radius 3 is 2.36 bits per heavy atom. The van der Waals surface area contributed by atoms with Crippen molar-refractivity contribution < 1.29 is 14.4 Å². The molecule has 0 radical (unpaired) electrons. The Hall–Kier alpha value is -1.82. The van der Waals surface area contributed by atoms with Crippen LogP contribution in [0.4, 0.5) is 5.82 Å². The molecule has 1 N–H and O–H groups in total. The first kappa shape index (κ1) is 16.5. The van der Waals surface area contributed by atoms with E-state index in [4.69, 9.17) is 11.6 Å². The van der Waals surface area contributed by atoms with Gasteiger partial charge in [0.1, 0.15) is 17.3 Å². The molecule has 0 spiro atoms. The summed E-state index contributed by atoms with van der Waals surface area (Å²) in [6.07, 6.45) is 3.88. The molecule has 0 amide bonds. The number of rotatable bonds is 6. The monoisotopic (exact) mass is 323 g/mol. The van der Waals surface area contributed by atoms with E-state index in [1.807, 2.05) is 0 Å². The molecule has 1 aliphatic rings. The molecule has 0 atom stereocenters. The second kappa shape index (κ2) is 6.96. The molecule has 1 saturated carbocycles. The molecule has 7 heteroatoms. The van der Waals surface area contributed by atoms with Gasteiger partial charge in [0.05, 0.1) is 12.0 Å². The number of aromatic nitrogens is 2. The predicted octanol–water partition coefficient (Wildman–Crippen LogP) is 2.85. The molecular weight excluding hydrogens is 306 g/mol. The third kappa shape index (κ3) is 3.88. The van der Waals surface area contributed by atoms with Crippen molar-refractivity contribution in [1.82, 2.24) is 9.97 Å². The van der Waals surface area contributed by atoms with Crippen molar-refractivity contribution in [2.45, 2.75) is 52.0 Å². The lowest BCUT2D eigenvalue weighted by Gasteiger charge is -2.16. The molecule has 0 aromatic carbocycles. The fourth-order valence-corrected chi connectivity index (χ4v) is 2.82. The Morgan fingerprint density at radius 1 is 1.18 bits per heavy atom. The Balaban J connectivity index is 2.43. The highest BCUT2D eigenvalue weighted by Crippen LogP contribution is 2.26. The number of Topliss-reactive ketones (excluding diaryl/α,β-unsaturated/α-hetero) is 3. The summed E-state index contributed by atoms with van der Waals surface area (Å²) in [6.45, 7) is 2.66. The lowest BCUT2D eigenvalue weighted by atomic mass is 10.0. The number of carbonyl (C=O) groups is 3. The molecule has 118 valence electrons. The number of carbonyl (C=O) groups excluding carboxylic acids is 3. The quantitative estimate of drug-likeness (QED) is 0.492. The maximum atomic E-state index is 12.2. The summed E-state index contributed by atoms with van der Waals surface area (Å²) in [7, 11) is 0. The van der Waals surface area contributed by atoms with Gasteiger partial charge in [0.25, 0.3) is 0 Å². The number of hydrogen-bond acceptors (Lipinski definition) is 6. The van der Waals surface area contributed by atoms with Gasteiger partial charge in [0.15, 0.2) is 11.6 Å². The van der Waals surface area contributed by atoms with Crippen LogP contribution >= 0.6 is 11.6 Å². The molecule has 1 aliphatic carbocycles. The summed E-state index contributed by atoms with van der Waals surface area (Å²) in [5.41, 5.74) is 0.0331. The third-order valence-corrected chi connectivity index (χ3v) is 3.77. The molecule has 2 rings (SSSR count). The second-order valence-corrected chi connectivity index (χ2v) is 5.89. The van der Waals surface area contributed by atoms with Crippen LogP contribution in [0.3, 0.4) is 0 Å². The van der Waals surface area contributed by atoms with E-state index in [1.54, 1.807) is 0 Å². The number of nitrogens with one attached hydrogen (secondary N) is 1. The number of hydrogen-bond donors (Lipinski definition) is 1. The Labute approximate surface area is 133 Å². The van der Waals surface area contributed by atoms with Gasteiger partial charge in [-0.1, -0.05) is 12.8 Å². The minimum Gasteiger partial charge on any atom is -0.367 e. The van der Waals surface area contributed by atoms with E-state index >= 15 is 0 Å². The zero-order valence-corrected chi connectivity index (χ0v) is 13.4. The van der Waals surface area contributed by atoms with Gasteiger partial charge < -0.3 is 5.32 Å². The smallest absolute Gasteiger partial charge is 0.225 e. The van der Waals surface area contributed by atoms with Crippen molar-refractivity contribution in [3.63, 3.8) is 0 Å². The van der Waals surface area contributed by atoms with E-state index < -0.39 is 5.78 Å². The SMILES string of the molecule is CC(=O)CC(=O)c1nc(Cl)nc(NC2CCCC2)c1C(C)=O. The van der Waals surface area contributed by atoms with E-state index in [-0.39, 0.29) is 46.4 Å². The molecular formula is C15H18ClN3O3. The number of ketones is 3. The van der Waals surface area contributed by atoms with Crippen LogP contribution in [0.25, 0.3) is 0 Å². The zero-order valence-electron chi connectivity index (χ0n) is 12.6. The summed E-state index contributed by atoms with van der Waals surface area (Å²) in [5, 5.41) is 3.07. The van der Waals surface area contributed by atoms with Gasteiger partial charge in [0.2, 0.25) is 5.28 Å². The van der Waals surface area contributed by atoms with Crippen molar-refractivity contribution in [2.24, 2.45) is 0 Å². The lowest BCUT2D eigenvalue weighted by molar-refractivity contribution is -0.116. The first-order valence-corrected chi connectivity index (χ1v) is 7.64. The van der Waals surface area contributed by atoms with E-state index in [0.717, 1.165) is 25.7 Å². The molecule has 0 aliphatic heterocycles. The second-order valence-electron chi connectivity index (χ2n) is 5.55. The first-order chi connectivity index (χ1) is 10.4. The van der Waals surface area contributed by atoms with Crippen molar-refractivity contribution in [3.8, 4) is 0 Å². The van der Waals surface area contributed by atoms with Crippen LogP contribution in [0, 0.1) is 0 Å². The molecule has 0 saturated heterocycles. The summed E-state index contributed by atoms with van der Waals surface area (Å²) in [6, 6.07) is 0.208. The van der Waals surface area contributed by atoms with Crippen LogP contribution in [0.5, 0.6) is 0 Å². The molecule has 1 aromatic heterocycles. The summed E-state index contributed by atoms with van der Waals surface area (Å²) < 4.78 is 0. The van der Waals surface area contributed by atoms with Gasteiger partial charge in [0, 0.05) is 6.04 Å². The molecule has 1 aromatic rings. The average Bonchev–Trinajstić information content (AvgIpc) is 2.89. The molecule has 1 fully saturated rings. The summed E-state index contributed by atoms with van der Waals surface area (Å²) in [4.78, 5) is 43.2. The highest BCUT2D eigenvalue weighted by molar-refractivity contribution is 6.29. The van der Waals surface area contributed by atoms with Crippen LogP contribution in [-0.4, -0.2) is 33.4 Å². The van der Waals surface area contributed by atoms with E-state index in [9.17, 15) is 14.4 Å². The van der Waals surface area contributed by atoms with E-state index in [1.165, 1.54) is 13.8 Å². The highest BCUT2D eigenvalue weighted by atomic mass is 35.5. The number of halogens is 1. The lowest BCUT2D eigenvalue weighted by Crippen LogP contribution is -2.21. The molecule has 6 nitrogen and oxygen atoms in total. The molecule has 0 unspecified atom stereocenters. The Bertz CT molecular complexity index is 625. The fraction of sp³-hybridized carbons (Fsp3) is 0.533. The van der Waals surface area contributed by atoms with Crippen LogP contribution < -0.4 is 5.32 Å². The van der Waals surface area contributed by atoms with Crippen molar-refractivity contribution in [1.29, 1.82) is 0 Å². The minimum atomic E-state index is -0.517. The van der Waals surface area contributed by atoms with Gasteiger partial charge in [-0.3, -0.25) is 14.4 Å². The van der Waals surface area contributed by atoms with Gasteiger partial charge in [-0.15, -0.1) is 0 Å². The summed E-state index contributed by atoms with van der Waals surface area (Å²) >= 11 is 5.88. The Kier molecular flexibility index (Phi) is 5.24. The maximum Gasteiger partial charge on any atom is 0.225 e. The van der Waals surface area contributed by atoms with Gasteiger partial charge in [-0.25, -0.2) is 9.97 Å². The van der Waals surface area contributed by atoms with Crippen LogP contribution in [-0.2, 0) is 4.79 Å². The highest BCUT2D eigenvalue weighted by Gasteiger charge is 2.25. The molecule has 0 bridgehead atoms. The van der Waals surface area contributed by atoms with E-state index in [0.29, 0.717) is 0 Å². The largest absolute Gasteiger partial charge is 0.367 e. The first-order valence-electron chi connectivity index (χ1n) is 7.26.